The maximum Gasteiger partial charge on any atom is 0.276 e. The van der Waals surface area contributed by atoms with Gasteiger partial charge in [-0.05, 0) is 37.1 Å². The molecule has 1 aliphatic carbocycles. The molecule has 1 fully saturated rings. The lowest BCUT2D eigenvalue weighted by atomic mass is 10.1. The molecule has 1 aliphatic rings. The van der Waals surface area contributed by atoms with Crippen LogP contribution < -0.4 is 10.6 Å². The normalized spacial score (nSPS) is 13.2. The van der Waals surface area contributed by atoms with Crippen molar-refractivity contribution in [2.45, 2.75) is 18.9 Å². The Morgan fingerprint density at radius 3 is 2.65 bits per heavy atom. The Labute approximate surface area is 153 Å². The first-order chi connectivity index (χ1) is 12.7. The van der Waals surface area contributed by atoms with Crippen molar-refractivity contribution in [3.05, 3.63) is 58.5 Å². The standard InChI is InChI=1S/C18H15N5O2S/c24-17(20-13-4-5-13)12-3-1-2-11(8-12)14-6-7-16(23-22-14)21-18(25)15-9-26-10-19-15/h1-3,6-10,13H,4-5H2,(H,20,24)(H,21,23,25). The number of rotatable bonds is 5. The van der Waals surface area contributed by atoms with Gasteiger partial charge in [0.2, 0.25) is 0 Å². The highest BCUT2D eigenvalue weighted by Crippen LogP contribution is 2.22. The molecule has 1 aromatic carbocycles. The summed E-state index contributed by atoms with van der Waals surface area (Å²) < 4.78 is 0. The Hall–Kier alpha value is -3.13. The van der Waals surface area contributed by atoms with Gasteiger partial charge >= 0.3 is 0 Å². The summed E-state index contributed by atoms with van der Waals surface area (Å²) in [5.41, 5.74) is 3.94. The summed E-state index contributed by atoms with van der Waals surface area (Å²) in [5.74, 6) is -0.0594. The number of aromatic nitrogens is 3. The number of hydrogen-bond donors (Lipinski definition) is 2. The summed E-state index contributed by atoms with van der Waals surface area (Å²) in [6.07, 6.45) is 2.09. The fourth-order valence-electron chi connectivity index (χ4n) is 2.37. The predicted octanol–water partition coefficient (Wildman–Crippen LogP) is 2.74. The molecule has 2 N–H and O–H groups in total. The van der Waals surface area contributed by atoms with Gasteiger partial charge < -0.3 is 10.6 Å². The van der Waals surface area contributed by atoms with Crippen molar-refractivity contribution >= 4 is 29.0 Å². The van der Waals surface area contributed by atoms with Crippen LogP contribution >= 0.6 is 11.3 Å². The van der Waals surface area contributed by atoms with Crippen molar-refractivity contribution in [1.82, 2.24) is 20.5 Å². The summed E-state index contributed by atoms with van der Waals surface area (Å²) in [7, 11) is 0. The van der Waals surface area contributed by atoms with Crippen molar-refractivity contribution < 1.29 is 9.59 Å². The first-order valence-electron chi connectivity index (χ1n) is 8.13. The number of carbonyl (C=O) groups is 2. The Bertz CT molecular complexity index is 936. The Balaban J connectivity index is 1.48. The number of nitrogens with zero attached hydrogens (tertiary/aromatic N) is 3. The SMILES string of the molecule is O=C(NC1CC1)c1cccc(-c2ccc(NC(=O)c3cscn3)nn2)c1. The smallest absolute Gasteiger partial charge is 0.276 e. The van der Waals surface area contributed by atoms with Crippen LogP contribution in [0, 0.1) is 0 Å². The fraction of sp³-hybridized carbons (Fsp3) is 0.167. The van der Waals surface area contributed by atoms with Gasteiger partial charge in [0.05, 0.1) is 11.2 Å². The van der Waals surface area contributed by atoms with Gasteiger partial charge in [0.1, 0.15) is 5.69 Å². The molecule has 1 saturated carbocycles. The van der Waals surface area contributed by atoms with Crippen molar-refractivity contribution in [3.63, 3.8) is 0 Å². The quantitative estimate of drug-likeness (QED) is 0.725. The monoisotopic (exact) mass is 365 g/mol. The zero-order valence-electron chi connectivity index (χ0n) is 13.7. The molecule has 130 valence electrons. The van der Waals surface area contributed by atoms with Crippen molar-refractivity contribution in [3.8, 4) is 11.3 Å². The van der Waals surface area contributed by atoms with E-state index >= 15 is 0 Å². The van der Waals surface area contributed by atoms with E-state index in [4.69, 9.17) is 0 Å². The van der Waals surface area contributed by atoms with Crippen molar-refractivity contribution in [2.24, 2.45) is 0 Å². The van der Waals surface area contributed by atoms with E-state index in [1.165, 1.54) is 11.3 Å². The summed E-state index contributed by atoms with van der Waals surface area (Å²) in [4.78, 5) is 28.1. The summed E-state index contributed by atoms with van der Waals surface area (Å²) in [6, 6.07) is 11.0. The molecule has 4 rings (SSSR count). The van der Waals surface area contributed by atoms with Gasteiger partial charge in [0, 0.05) is 22.5 Å². The van der Waals surface area contributed by atoms with E-state index in [-0.39, 0.29) is 11.8 Å². The molecule has 2 amide bonds. The number of carbonyl (C=O) groups excluding carboxylic acids is 2. The third kappa shape index (κ3) is 3.75. The highest BCUT2D eigenvalue weighted by atomic mass is 32.1. The minimum Gasteiger partial charge on any atom is -0.349 e. The zero-order valence-corrected chi connectivity index (χ0v) is 14.5. The van der Waals surface area contributed by atoms with E-state index in [1.54, 1.807) is 35.2 Å². The number of hydrogen-bond acceptors (Lipinski definition) is 6. The molecular weight excluding hydrogens is 350 g/mol. The second-order valence-electron chi connectivity index (χ2n) is 5.96. The number of thiazole rings is 1. The fourth-order valence-corrected chi connectivity index (χ4v) is 2.91. The maximum atomic E-state index is 12.2. The summed E-state index contributed by atoms with van der Waals surface area (Å²) >= 11 is 1.35. The number of benzene rings is 1. The van der Waals surface area contributed by atoms with Crippen LogP contribution in [0.1, 0.15) is 33.7 Å². The number of amides is 2. The first kappa shape index (κ1) is 16.3. The van der Waals surface area contributed by atoms with E-state index in [1.807, 2.05) is 12.1 Å². The molecule has 0 radical (unpaired) electrons. The van der Waals surface area contributed by atoms with E-state index in [2.05, 4.69) is 25.8 Å². The minimum absolute atomic E-state index is 0.0746. The lowest BCUT2D eigenvalue weighted by Gasteiger charge is -2.06. The maximum absolute atomic E-state index is 12.2. The highest BCUT2D eigenvalue weighted by Gasteiger charge is 2.23. The van der Waals surface area contributed by atoms with Gasteiger partial charge in [-0.3, -0.25) is 9.59 Å². The second kappa shape index (κ2) is 7.01. The van der Waals surface area contributed by atoms with Crippen LogP contribution in [0.5, 0.6) is 0 Å². The molecule has 2 aromatic heterocycles. The van der Waals surface area contributed by atoms with Crippen LogP contribution in [-0.4, -0.2) is 33.0 Å². The molecule has 2 heterocycles. The Kier molecular flexibility index (Phi) is 4.40. The number of anilines is 1. The third-order valence-electron chi connectivity index (χ3n) is 3.90. The molecular formula is C18H15N5O2S. The van der Waals surface area contributed by atoms with Gasteiger partial charge in [-0.15, -0.1) is 21.5 Å². The van der Waals surface area contributed by atoms with Crippen LogP contribution in [0.25, 0.3) is 11.3 Å². The lowest BCUT2D eigenvalue weighted by Crippen LogP contribution is -2.25. The third-order valence-corrected chi connectivity index (χ3v) is 4.49. The van der Waals surface area contributed by atoms with Gasteiger partial charge in [-0.2, -0.15) is 0 Å². The molecule has 0 aliphatic heterocycles. The predicted molar refractivity (Wildman–Crippen MR) is 98.0 cm³/mol. The molecule has 8 heteroatoms. The Morgan fingerprint density at radius 2 is 1.96 bits per heavy atom. The van der Waals surface area contributed by atoms with E-state index in [9.17, 15) is 9.59 Å². The molecule has 3 aromatic rings. The first-order valence-corrected chi connectivity index (χ1v) is 9.08. The largest absolute Gasteiger partial charge is 0.349 e. The minimum atomic E-state index is -0.327. The molecule has 0 unspecified atom stereocenters. The molecule has 0 atom stereocenters. The van der Waals surface area contributed by atoms with Gasteiger partial charge in [0.25, 0.3) is 11.8 Å². The van der Waals surface area contributed by atoms with Crippen LogP contribution in [0.3, 0.4) is 0 Å². The molecule has 0 spiro atoms. The summed E-state index contributed by atoms with van der Waals surface area (Å²) in [6.45, 7) is 0. The summed E-state index contributed by atoms with van der Waals surface area (Å²) in [5, 5.41) is 15.4. The van der Waals surface area contributed by atoms with Gasteiger partial charge in [-0.1, -0.05) is 12.1 Å². The highest BCUT2D eigenvalue weighted by molar-refractivity contribution is 7.07. The van der Waals surface area contributed by atoms with E-state index < -0.39 is 0 Å². The second-order valence-corrected chi connectivity index (χ2v) is 6.68. The van der Waals surface area contributed by atoms with Crippen molar-refractivity contribution in [2.75, 3.05) is 5.32 Å². The van der Waals surface area contributed by atoms with Crippen LogP contribution in [-0.2, 0) is 0 Å². The van der Waals surface area contributed by atoms with Crippen LogP contribution in [0.2, 0.25) is 0 Å². The molecule has 0 bridgehead atoms. The topological polar surface area (TPSA) is 96.9 Å². The average molecular weight is 365 g/mol. The van der Waals surface area contributed by atoms with Gasteiger partial charge in [0.15, 0.2) is 5.82 Å². The Morgan fingerprint density at radius 1 is 1.08 bits per heavy atom. The van der Waals surface area contributed by atoms with Crippen molar-refractivity contribution in [1.29, 1.82) is 0 Å². The van der Waals surface area contributed by atoms with Crippen LogP contribution in [0.4, 0.5) is 5.82 Å². The number of nitrogens with one attached hydrogen (secondary N) is 2. The van der Waals surface area contributed by atoms with E-state index in [0.29, 0.717) is 28.8 Å². The zero-order chi connectivity index (χ0) is 17.9. The molecule has 26 heavy (non-hydrogen) atoms. The van der Waals surface area contributed by atoms with Gasteiger partial charge in [-0.25, -0.2) is 4.98 Å². The van der Waals surface area contributed by atoms with E-state index in [0.717, 1.165) is 18.4 Å². The lowest BCUT2D eigenvalue weighted by molar-refractivity contribution is 0.0950. The molecule has 7 nitrogen and oxygen atoms in total. The molecule has 0 saturated heterocycles. The average Bonchev–Trinajstić information content (AvgIpc) is 3.31. The van der Waals surface area contributed by atoms with Crippen LogP contribution in [0.15, 0.2) is 47.3 Å².